The zero-order chi connectivity index (χ0) is 15.7. The quantitative estimate of drug-likeness (QED) is 0.856. The highest BCUT2D eigenvalue weighted by atomic mass is 16.6. The van der Waals surface area contributed by atoms with Crippen LogP contribution in [-0.4, -0.2) is 50.2 Å². The number of amides is 1. The first-order chi connectivity index (χ1) is 9.67. The van der Waals surface area contributed by atoms with Crippen molar-refractivity contribution in [3.8, 4) is 0 Å². The lowest BCUT2D eigenvalue weighted by atomic mass is 9.91. The summed E-state index contributed by atoms with van der Waals surface area (Å²) in [5.41, 5.74) is 4.20. The lowest BCUT2D eigenvalue weighted by Gasteiger charge is -2.38. The number of rotatable bonds is 2. The smallest absolute Gasteiger partial charge is 0.410 e. The highest BCUT2D eigenvalue weighted by molar-refractivity contribution is 5.68. The lowest BCUT2D eigenvalue weighted by Crippen LogP contribution is -2.49. The summed E-state index contributed by atoms with van der Waals surface area (Å²) >= 11 is 0. The number of piperidine rings is 1. The molecule has 0 aromatic carbocycles. The van der Waals surface area contributed by atoms with Crippen LogP contribution in [-0.2, 0) is 11.3 Å². The molecule has 0 aliphatic carbocycles. The molecule has 21 heavy (non-hydrogen) atoms. The van der Waals surface area contributed by atoms with Crippen LogP contribution in [0.4, 0.5) is 10.6 Å². The fourth-order valence-corrected chi connectivity index (χ4v) is 2.36. The van der Waals surface area contributed by atoms with Crippen molar-refractivity contribution >= 4 is 11.9 Å². The van der Waals surface area contributed by atoms with Gasteiger partial charge in [0, 0.05) is 19.3 Å². The second kappa shape index (κ2) is 5.55. The Kier molecular flexibility index (Phi) is 4.13. The van der Waals surface area contributed by atoms with Gasteiger partial charge in [-0.25, -0.2) is 4.79 Å². The van der Waals surface area contributed by atoms with E-state index in [-0.39, 0.29) is 6.09 Å². The third-order valence-corrected chi connectivity index (χ3v) is 3.46. The minimum absolute atomic E-state index is 0.326. The van der Waals surface area contributed by atoms with E-state index in [1.54, 1.807) is 21.8 Å². The molecule has 118 valence electrons. The molecule has 2 rings (SSSR count). The molecule has 0 saturated carbocycles. The zero-order valence-corrected chi connectivity index (χ0v) is 12.9. The van der Waals surface area contributed by atoms with Gasteiger partial charge in [0.05, 0.1) is 12.1 Å². The number of aromatic nitrogens is 2. The standard InChI is InChI=1S/C14H24N4O3/c1-13(2,3)21-12(19)17-8-5-14(20,6-9-17)10-18-7-4-11(15)16-18/h4,7,20H,5-6,8-10H2,1-3H3,(H2,15,16). The lowest BCUT2D eigenvalue weighted by molar-refractivity contribution is -0.0431. The van der Waals surface area contributed by atoms with Crippen molar-refractivity contribution in [2.45, 2.75) is 51.4 Å². The molecule has 7 heteroatoms. The zero-order valence-electron chi connectivity index (χ0n) is 12.9. The minimum Gasteiger partial charge on any atom is -0.444 e. The number of nitrogen functional groups attached to an aromatic ring is 1. The fraction of sp³-hybridized carbons (Fsp3) is 0.714. The summed E-state index contributed by atoms with van der Waals surface area (Å²) in [5, 5.41) is 14.7. The van der Waals surface area contributed by atoms with Crippen molar-refractivity contribution < 1.29 is 14.6 Å². The molecule has 7 nitrogen and oxygen atoms in total. The third kappa shape index (κ3) is 4.35. The summed E-state index contributed by atoms with van der Waals surface area (Å²) in [4.78, 5) is 13.6. The van der Waals surface area contributed by atoms with Crippen LogP contribution in [0.3, 0.4) is 0 Å². The largest absolute Gasteiger partial charge is 0.444 e. The van der Waals surface area contributed by atoms with Crippen molar-refractivity contribution in [1.29, 1.82) is 0 Å². The van der Waals surface area contributed by atoms with Gasteiger partial charge < -0.3 is 20.5 Å². The summed E-state index contributed by atoms with van der Waals surface area (Å²) in [6.45, 7) is 6.85. The van der Waals surface area contributed by atoms with Crippen LogP contribution in [0.15, 0.2) is 12.3 Å². The maximum Gasteiger partial charge on any atom is 0.410 e. The predicted molar refractivity (Wildman–Crippen MR) is 78.6 cm³/mol. The second-order valence-corrected chi connectivity index (χ2v) is 6.63. The Bertz CT molecular complexity index is 499. The maximum atomic E-state index is 12.0. The summed E-state index contributed by atoms with van der Waals surface area (Å²) in [5.74, 6) is 0.435. The van der Waals surface area contributed by atoms with E-state index in [1.807, 2.05) is 20.8 Å². The van der Waals surface area contributed by atoms with Crippen LogP contribution in [0, 0.1) is 0 Å². The predicted octanol–water partition coefficient (Wildman–Crippen LogP) is 1.23. The Balaban J connectivity index is 1.88. The number of carbonyl (C=O) groups is 1. The van der Waals surface area contributed by atoms with Gasteiger partial charge in [0.1, 0.15) is 11.4 Å². The summed E-state index contributed by atoms with van der Waals surface area (Å²) in [6, 6.07) is 1.69. The van der Waals surface area contributed by atoms with Crippen LogP contribution < -0.4 is 5.73 Å². The van der Waals surface area contributed by atoms with E-state index in [1.165, 1.54) is 0 Å². The molecule has 2 heterocycles. The molecule has 1 amide bonds. The van der Waals surface area contributed by atoms with Gasteiger partial charge in [0.15, 0.2) is 0 Å². The van der Waals surface area contributed by atoms with Crippen molar-refractivity contribution in [1.82, 2.24) is 14.7 Å². The highest BCUT2D eigenvalue weighted by Gasteiger charge is 2.35. The molecule has 0 bridgehead atoms. The van der Waals surface area contributed by atoms with Gasteiger partial charge in [0.25, 0.3) is 0 Å². The Morgan fingerprint density at radius 2 is 2.10 bits per heavy atom. The van der Waals surface area contributed by atoms with Gasteiger partial charge in [-0.1, -0.05) is 0 Å². The Labute approximate surface area is 124 Å². The first kappa shape index (κ1) is 15.6. The summed E-state index contributed by atoms with van der Waals surface area (Å²) in [6.07, 6.45) is 2.40. The van der Waals surface area contributed by atoms with Crippen LogP contribution in [0.2, 0.25) is 0 Å². The van der Waals surface area contributed by atoms with E-state index in [0.29, 0.717) is 38.3 Å². The van der Waals surface area contributed by atoms with E-state index in [4.69, 9.17) is 10.5 Å². The number of aliphatic hydroxyl groups is 1. The molecule has 1 aliphatic heterocycles. The highest BCUT2D eigenvalue weighted by Crippen LogP contribution is 2.25. The number of hydrogen-bond donors (Lipinski definition) is 2. The number of ether oxygens (including phenoxy) is 1. The van der Waals surface area contributed by atoms with E-state index < -0.39 is 11.2 Å². The van der Waals surface area contributed by atoms with E-state index in [0.717, 1.165) is 0 Å². The first-order valence-corrected chi connectivity index (χ1v) is 7.16. The fourth-order valence-electron chi connectivity index (χ4n) is 2.36. The van der Waals surface area contributed by atoms with Crippen LogP contribution in [0.25, 0.3) is 0 Å². The summed E-state index contributed by atoms with van der Waals surface area (Å²) in [7, 11) is 0. The van der Waals surface area contributed by atoms with Gasteiger partial charge in [-0.3, -0.25) is 4.68 Å². The molecule has 1 aliphatic rings. The molecular weight excluding hydrogens is 272 g/mol. The van der Waals surface area contributed by atoms with E-state index >= 15 is 0 Å². The number of nitrogens with two attached hydrogens (primary N) is 1. The molecule has 0 spiro atoms. The van der Waals surface area contributed by atoms with Gasteiger partial charge in [-0.05, 0) is 39.7 Å². The van der Waals surface area contributed by atoms with E-state index in [2.05, 4.69) is 5.10 Å². The monoisotopic (exact) mass is 296 g/mol. The first-order valence-electron chi connectivity index (χ1n) is 7.16. The van der Waals surface area contributed by atoms with Crippen molar-refractivity contribution in [3.63, 3.8) is 0 Å². The SMILES string of the molecule is CC(C)(C)OC(=O)N1CCC(O)(Cn2ccc(N)n2)CC1. The Morgan fingerprint density at radius 3 is 2.57 bits per heavy atom. The van der Waals surface area contributed by atoms with Gasteiger partial charge >= 0.3 is 6.09 Å². The van der Waals surface area contributed by atoms with Gasteiger partial charge in [-0.15, -0.1) is 0 Å². The average molecular weight is 296 g/mol. The molecule has 3 N–H and O–H groups in total. The molecule has 1 aromatic heterocycles. The summed E-state index contributed by atoms with van der Waals surface area (Å²) < 4.78 is 6.98. The molecule has 0 radical (unpaired) electrons. The Hall–Kier alpha value is -1.76. The molecule has 1 aromatic rings. The second-order valence-electron chi connectivity index (χ2n) is 6.63. The average Bonchev–Trinajstić information content (AvgIpc) is 2.72. The number of anilines is 1. The number of likely N-dealkylation sites (tertiary alicyclic amines) is 1. The number of nitrogens with zero attached hydrogens (tertiary/aromatic N) is 3. The van der Waals surface area contributed by atoms with Crippen molar-refractivity contribution in [2.24, 2.45) is 0 Å². The van der Waals surface area contributed by atoms with Crippen LogP contribution >= 0.6 is 0 Å². The molecule has 1 fully saturated rings. The number of carbonyl (C=O) groups excluding carboxylic acids is 1. The van der Waals surface area contributed by atoms with Crippen molar-refractivity contribution in [2.75, 3.05) is 18.8 Å². The minimum atomic E-state index is -0.864. The molecule has 0 unspecified atom stereocenters. The molecule has 0 atom stereocenters. The van der Waals surface area contributed by atoms with Crippen LogP contribution in [0.1, 0.15) is 33.6 Å². The topological polar surface area (TPSA) is 93.6 Å². The molecular formula is C14H24N4O3. The van der Waals surface area contributed by atoms with Gasteiger partial charge in [0.2, 0.25) is 0 Å². The normalized spacial score (nSPS) is 18.6. The third-order valence-electron chi connectivity index (χ3n) is 3.46. The van der Waals surface area contributed by atoms with E-state index in [9.17, 15) is 9.90 Å². The van der Waals surface area contributed by atoms with Crippen molar-refractivity contribution in [3.05, 3.63) is 12.3 Å². The molecule has 1 saturated heterocycles. The van der Waals surface area contributed by atoms with Crippen LogP contribution in [0.5, 0.6) is 0 Å². The van der Waals surface area contributed by atoms with Gasteiger partial charge in [-0.2, -0.15) is 5.10 Å². The maximum absolute atomic E-state index is 12.0. The number of hydrogen-bond acceptors (Lipinski definition) is 5. The Morgan fingerprint density at radius 1 is 1.48 bits per heavy atom.